The van der Waals surface area contributed by atoms with Crippen molar-refractivity contribution in [3.63, 3.8) is 0 Å². The van der Waals surface area contributed by atoms with Crippen LogP contribution in [0.15, 0.2) is 48.8 Å². The molecule has 1 aromatic carbocycles. The summed E-state index contributed by atoms with van der Waals surface area (Å²) in [6.45, 7) is 6.51. The van der Waals surface area contributed by atoms with Crippen LogP contribution in [0.4, 0.5) is 0 Å². The SMILES string of the molecule is CCN(Cc1cccnc1)C[C@H](O)c1ccc(C)cc1. The third-order valence-electron chi connectivity index (χ3n) is 3.47. The average Bonchev–Trinajstić information content (AvgIpc) is 2.48. The van der Waals surface area contributed by atoms with E-state index in [0.29, 0.717) is 6.54 Å². The van der Waals surface area contributed by atoms with Gasteiger partial charge in [-0.3, -0.25) is 9.88 Å². The van der Waals surface area contributed by atoms with Crippen molar-refractivity contribution in [3.05, 3.63) is 65.5 Å². The van der Waals surface area contributed by atoms with Crippen LogP contribution < -0.4 is 0 Å². The van der Waals surface area contributed by atoms with E-state index in [1.807, 2.05) is 36.5 Å². The molecule has 106 valence electrons. The van der Waals surface area contributed by atoms with Crippen LogP contribution in [0.3, 0.4) is 0 Å². The molecule has 1 N–H and O–H groups in total. The lowest BCUT2D eigenvalue weighted by Crippen LogP contribution is -2.28. The number of aliphatic hydroxyl groups excluding tert-OH is 1. The number of hydrogen-bond donors (Lipinski definition) is 1. The van der Waals surface area contributed by atoms with Gasteiger partial charge in [0.05, 0.1) is 6.10 Å². The molecule has 0 aliphatic carbocycles. The molecule has 3 nitrogen and oxygen atoms in total. The Morgan fingerprint density at radius 3 is 2.55 bits per heavy atom. The highest BCUT2D eigenvalue weighted by Gasteiger charge is 2.12. The fourth-order valence-corrected chi connectivity index (χ4v) is 2.19. The van der Waals surface area contributed by atoms with Gasteiger partial charge in [0.2, 0.25) is 0 Å². The maximum Gasteiger partial charge on any atom is 0.0917 e. The zero-order valence-corrected chi connectivity index (χ0v) is 12.2. The molecule has 0 saturated heterocycles. The quantitative estimate of drug-likeness (QED) is 0.876. The van der Waals surface area contributed by atoms with E-state index in [4.69, 9.17) is 0 Å². The molecule has 2 rings (SSSR count). The third kappa shape index (κ3) is 4.15. The van der Waals surface area contributed by atoms with E-state index in [9.17, 15) is 5.11 Å². The van der Waals surface area contributed by atoms with Crippen LogP contribution in [0.2, 0.25) is 0 Å². The highest BCUT2D eigenvalue weighted by molar-refractivity contribution is 5.23. The summed E-state index contributed by atoms with van der Waals surface area (Å²) < 4.78 is 0. The molecule has 1 aromatic heterocycles. The Morgan fingerprint density at radius 1 is 1.20 bits per heavy atom. The lowest BCUT2D eigenvalue weighted by Gasteiger charge is -2.23. The maximum atomic E-state index is 10.3. The van der Waals surface area contributed by atoms with Crippen LogP contribution in [0, 0.1) is 6.92 Å². The number of aryl methyl sites for hydroxylation is 1. The molecule has 3 heteroatoms. The number of likely N-dealkylation sites (N-methyl/N-ethyl adjacent to an activating group) is 1. The normalized spacial score (nSPS) is 12.6. The molecule has 1 heterocycles. The second-order valence-electron chi connectivity index (χ2n) is 5.12. The second-order valence-corrected chi connectivity index (χ2v) is 5.12. The zero-order chi connectivity index (χ0) is 14.4. The molecule has 0 amide bonds. The van der Waals surface area contributed by atoms with Crippen LogP contribution >= 0.6 is 0 Å². The van der Waals surface area contributed by atoms with E-state index in [1.165, 1.54) is 11.1 Å². The monoisotopic (exact) mass is 270 g/mol. The number of nitrogens with zero attached hydrogens (tertiary/aromatic N) is 2. The first kappa shape index (κ1) is 14.7. The van der Waals surface area contributed by atoms with E-state index < -0.39 is 6.10 Å². The van der Waals surface area contributed by atoms with Crippen LogP contribution in [-0.4, -0.2) is 28.1 Å². The van der Waals surface area contributed by atoms with Gasteiger partial charge in [-0.25, -0.2) is 0 Å². The predicted octanol–water partition coefficient (Wildman–Crippen LogP) is 2.95. The molecule has 20 heavy (non-hydrogen) atoms. The molecule has 2 aromatic rings. The summed E-state index contributed by atoms with van der Waals surface area (Å²) in [5.74, 6) is 0. The minimum Gasteiger partial charge on any atom is -0.387 e. The van der Waals surface area contributed by atoms with Crippen molar-refractivity contribution in [2.75, 3.05) is 13.1 Å². The van der Waals surface area contributed by atoms with Gasteiger partial charge in [0.15, 0.2) is 0 Å². The molecular formula is C17H22N2O. The Balaban J connectivity index is 1.97. The summed E-state index contributed by atoms with van der Waals surface area (Å²) in [6, 6.07) is 12.1. The topological polar surface area (TPSA) is 36.4 Å². The summed E-state index contributed by atoms with van der Waals surface area (Å²) in [6.07, 6.45) is 3.20. The lowest BCUT2D eigenvalue weighted by molar-refractivity contribution is 0.112. The highest BCUT2D eigenvalue weighted by atomic mass is 16.3. The van der Waals surface area contributed by atoms with Crippen molar-refractivity contribution in [3.8, 4) is 0 Å². The van der Waals surface area contributed by atoms with Gasteiger partial charge in [-0.1, -0.05) is 42.8 Å². The largest absolute Gasteiger partial charge is 0.387 e. The Morgan fingerprint density at radius 2 is 1.95 bits per heavy atom. The number of hydrogen-bond acceptors (Lipinski definition) is 3. The number of rotatable bonds is 6. The average molecular weight is 270 g/mol. The summed E-state index contributed by atoms with van der Waals surface area (Å²) in [7, 11) is 0. The van der Waals surface area contributed by atoms with E-state index in [2.05, 4.69) is 29.8 Å². The van der Waals surface area contributed by atoms with Crippen molar-refractivity contribution in [1.29, 1.82) is 0 Å². The predicted molar refractivity (Wildman–Crippen MR) is 81.3 cm³/mol. The minimum absolute atomic E-state index is 0.452. The Bertz CT molecular complexity index is 510. The van der Waals surface area contributed by atoms with Crippen LogP contribution in [0.1, 0.15) is 29.7 Å². The number of pyridine rings is 1. The first-order valence-corrected chi connectivity index (χ1v) is 7.05. The van der Waals surface area contributed by atoms with Crippen LogP contribution in [0.5, 0.6) is 0 Å². The zero-order valence-electron chi connectivity index (χ0n) is 12.2. The van der Waals surface area contributed by atoms with E-state index >= 15 is 0 Å². The number of aromatic nitrogens is 1. The molecule has 0 saturated carbocycles. The molecule has 0 aliphatic heterocycles. The van der Waals surface area contributed by atoms with Gasteiger partial charge in [0, 0.05) is 25.5 Å². The molecule has 0 fully saturated rings. The maximum absolute atomic E-state index is 10.3. The van der Waals surface area contributed by atoms with Crippen molar-refractivity contribution >= 4 is 0 Å². The van der Waals surface area contributed by atoms with Crippen molar-refractivity contribution in [2.45, 2.75) is 26.5 Å². The summed E-state index contributed by atoms with van der Waals surface area (Å²) >= 11 is 0. The molecule has 0 bridgehead atoms. The molecule has 0 radical (unpaired) electrons. The molecule has 0 aliphatic rings. The lowest BCUT2D eigenvalue weighted by atomic mass is 10.1. The van der Waals surface area contributed by atoms with Crippen LogP contribution in [-0.2, 0) is 6.54 Å². The number of benzene rings is 1. The second kappa shape index (κ2) is 7.17. The summed E-state index contributed by atoms with van der Waals surface area (Å²) in [5, 5.41) is 10.3. The Kier molecular flexibility index (Phi) is 5.27. The fraction of sp³-hybridized carbons (Fsp3) is 0.353. The van der Waals surface area contributed by atoms with Crippen molar-refractivity contribution in [1.82, 2.24) is 9.88 Å². The van der Waals surface area contributed by atoms with Gasteiger partial charge in [-0.05, 0) is 30.7 Å². The fourth-order valence-electron chi connectivity index (χ4n) is 2.19. The number of aliphatic hydroxyl groups is 1. The van der Waals surface area contributed by atoms with Gasteiger partial charge < -0.3 is 5.11 Å². The van der Waals surface area contributed by atoms with Crippen molar-refractivity contribution < 1.29 is 5.11 Å². The molecule has 0 spiro atoms. The summed E-state index contributed by atoms with van der Waals surface area (Å²) in [4.78, 5) is 6.35. The van der Waals surface area contributed by atoms with E-state index in [0.717, 1.165) is 18.7 Å². The molecule has 0 unspecified atom stereocenters. The van der Waals surface area contributed by atoms with Crippen molar-refractivity contribution in [2.24, 2.45) is 0 Å². The molecule has 1 atom stereocenters. The van der Waals surface area contributed by atoms with Gasteiger partial charge >= 0.3 is 0 Å². The third-order valence-corrected chi connectivity index (χ3v) is 3.47. The smallest absolute Gasteiger partial charge is 0.0917 e. The minimum atomic E-state index is -0.452. The van der Waals surface area contributed by atoms with Gasteiger partial charge in [0.1, 0.15) is 0 Å². The first-order valence-electron chi connectivity index (χ1n) is 7.05. The van der Waals surface area contributed by atoms with E-state index in [-0.39, 0.29) is 0 Å². The van der Waals surface area contributed by atoms with Gasteiger partial charge in [0.25, 0.3) is 0 Å². The standard InChI is InChI=1S/C17H22N2O/c1-3-19(12-15-5-4-10-18-11-15)13-17(20)16-8-6-14(2)7-9-16/h4-11,17,20H,3,12-13H2,1-2H3/t17-/m0/s1. The molecular weight excluding hydrogens is 248 g/mol. The van der Waals surface area contributed by atoms with Gasteiger partial charge in [-0.15, -0.1) is 0 Å². The Hall–Kier alpha value is -1.71. The van der Waals surface area contributed by atoms with E-state index in [1.54, 1.807) is 6.20 Å². The van der Waals surface area contributed by atoms with Gasteiger partial charge in [-0.2, -0.15) is 0 Å². The highest BCUT2D eigenvalue weighted by Crippen LogP contribution is 2.16. The van der Waals surface area contributed by atoms with Crippen LogP contribution in [0.25, 0.3) is 0 Å². The Labute approximate surface area is 120 Å². The summed E-state index contributed by atoms with van der Waals surface area (Å²) in [5.41, 5.74) is 3.36. The first-order chi connectivity index (χ1) is 9.69.